The third-order valence-corrected chi connectivity index (χ3v) is 6.15. The maximum Gasteiger partial charge on any atom is 0.349 e. The Hall–Kier alpha value is -4.94. The van der Waals surface area contributed by atoms with Crippen molar-refractivity contribution in [1.82, 2.24) is 10.9 Å². The van der Waals surface area contributed by atoms with Crippen LogP contribution in [0.5, 0.6) is 0 Å². The highest BCUT2D eigenvalue weighted by atomic mass is 35.5. The molecule has 0 saturated carbocycles. The lowest BCUT2D eigenvalue weighted by Gasteiger charge is -2.23. The fourth-order valence-corrected chi connectivity index (χ4v) is 3.54. The number of anilines is 1. The second kappa shape index (κ2) is 14.8. The summed E-state index contributed by atoms with van der Waals surface area (Å²) in [5, 5.41) is 13.1. The quantitative estimate of drug-likeness (QED) is 0.191. The van der Waals surface area contributed by atoms with Crippen LogP contribution in [0.15, 0.2) is 72.8 Å². The van der Waals surface area contributed by atoms with Crippen LogP contribution in [-0.2, 0) is 23.9 Å². The molecule has 3 amide bonds. The molecule has 0 aliphatic heterocycles. The normalized spacial score (nSPS) is 11.9. The monoisotopic (exact) mass is 629 g/mol. The first-order valence-corrected chi connectivity index (χ1v) is 13.3. The molecule has 0 aromatic heterocycles. The Morgan fingerprint density at radius 2 is 1.07 bits per heavy atom. The molecule has 224 valence electrons. The minimum absolute atomic E-state index is 0.0569. The molecule has 0 radical (unpaired) electrons. The van der Waals surface area contributed by atoms with Gasteiger partial charge in [-0.15, -0.1) is 0 Å². The van der Waals surface area contributed by atoms with Gasteiger partial charge in [-0.05, 0) is 72.8 Å². The van der Waals surface area contributed by atoms with Gasteiger partial charge < -0.3 is 19.9 Å². The lowest BCUT2D eigenvalue weighted by atomic mass is 10.1. The highest BCUT2D eigenvalue weighted by molar-refractivity contribution is 6.31. The van der Waals surface area contributed by atoms with Crippen molar-refractivity contribution in [3.63, 3.8) is 0 Å². The molecule has 0 spiro atoms. The number of esters is 2. The van der Waals surface area contributed by atoms with Crippen molar-refractivity contribution in [3.8, 4) is 0 Å². The molecule has 0 aliphatic rings. The maximum atomic E-state index is 13.1. The second-order valence-corrected chi connectivity index (χ2v) is 10.0. The number of hydrogen-bond acceptors (Lipinski definition) is 8. The van der Waals surface area contributed by atoms with Gasteiger partial charge in [-0.25, -0.2) is 14.4 Å². The van der Waals surface area contributed by atoms with Crippen LogP contribution in [0.4, 0.5) is 5.69 Å². The summed E-state index contributed by atoms with van der Waals surface area (Å²) in [6, 6.07) is 16.2. The van der Waals surface area contributed by atoms with Gasteiger partial charge in [0, 0.05) is 27.2 Å². The van der Waals surface area contributed by atoms with Crippen molar-refractivity contribution >= 4 is 64.5 Å². The van der Waals surface area contributed by atoms with Crippen LogP contribution in [0.1, 0.15) is 44.9 Å². The van der Waals surface area contributed by atoms with Gasteiger partial charge in [-0.3, -0.25) is 25.2 Å². The molecule has 0 unspecified atom stereocenters. The largest absolute Gasteiger partial charge is 0.478 e. The summed E-state index contributed by atoms with van der Waals surface area (Å²) >= 11 is 11.7. The van der Waals surface area contributed by atoms with Gasteiger partial charge >= 0.3 is 17.9 Å². The number of carbonyl (C=O) groups is 6. The van der Waals surface area contributed by atoms with Gasteiger partial charge in [-0.1, -0.05) is 37.0 Å². The van der Waals surface area contributed by atoms with Crippen LogP contribution in [0.25, 0.3) is 0 Å². The van der Waals surface area contributed by atoms with Crippen LogP contribution < -0.4 is 16.2 Å². The first-order chi connectivity index (χ1) is 20.3. The number of benzene rings is 3. The molecule has 43 heavy (non-hydrogen) atoms. The molecule has 2 atom stereocenters. The summed E-state index contributed by atoms with van der Waals surface area (Å²) in [6.07, 6.45) is -4.59. The van der Waals surface area contributed by atoms with E-state index in [0.717, 1.165) is 0 Å². The van der Waals surface area contributed by atoms with E-state index in [0.29, 0.717) is 15.7 Å². The molecule has 4 N–H and O–H groups in total. The van der Waals surface area contributed by atoms with Gasteiger partial charge in [-0.2, -0.15) is 0 Å². The second-order valence-electron chi connectivity index (χ2n) is 9.17. The van der Waals surface area contributed by atoms with Crippen LogP contribution in [0, 0.1) is 5.92 Å². The summed E-state index contributed by atoms with van der Waals surface area (Å²) in [6.45, 7) is 3.43. The number of aliphatic carboxylic acids is 1. The Balaban J connectivity index is 1.79. The number of amides is 3. The Morgan fingerprint density at radius 3 is 1.51 bits per heavy atom. The van der Waals surface area contributed by atoms with E-state index in [4.69, 9.17) is 32.7 Å². The van der Waals surface area contributed by atoms with E-state index in [1.54, 1.807) is 13.8 Å². The number of carbonyl (C=O) groups excluding carboxylic acids is 5. The van der Waals surface area contributed by atoms with Crippen molar-refractivity contribution in [3.05, 3.63) is 99.5 Å². The van der Waals surface area contributed by atoms with Gasteiger partial charge in [0.15, 0.2) is 0 Å². The topological polar surface area (TPSA) is 177 Å². The van der Waals surface area contributed by atoms with E-state index in [9.17, 15) is 33.9 Å². The Morgan fingerprint density at radius 1 is 0.628 bits per heavy atom. The summed E-state index contributed by atoms with van der Waals surface area (Å²) in [5.74, 6) is -6.77. The predicted octanol–water partition coefficient (Wildman–Crippen LogP) is 3.88. The zero-order chi connectivity index (χ0) is 31.7. The average Bonchev–Trinajstić information content (AvgIpc) is 2.98. The molecular formula is C29H25Cl2N3O9. The minimum atomic E-state index is -2.33. The Bertz CT molecular complexity index is 1510. The molecule has 3 rings (SSSR count). The number of halogens is 2. The smallest absolute Gasteiger partial charge is 0.349 e. The summed E-state index contributed by atoms with van der Waals surface area (Å²) < 4.78 is 10.2. The Kier molecular flexibility index (Phi) is 11.2. The van der Waals surface area contributed by atoms with Crippen molar-refractivity contribution < 1.29 is 43.3 Å². The Labute approximate surface area is 255 Å². The fourth-order valence-electron chi connectivity index (χ4n) is 3.29. The number of hydrogen-bond donors (Lipinski definition) is 4. The number of carboxylic acids is 1. The first kappa shape index (κ1) is 32.6. The van der Waals surface area contributed by atoms with Crippen LogP contribution in [-0.4, -0.2) is 52.9 Å². The van der Waals surface area contributed by atoms with E-state index < -0.39 is 41.9 Å². The minimum Gasteiger partial charge on any atom is -0.478 e. The van der Waals surface area contributed by atoms with Gasteiger partial charge in [0.05, 0.1) is 11.1 Å². The summed E-state index contributed by atoms with van der Waals surface area (Å²) in [7, 11) is 0. The molecule has 0 heterocycles. The number of carboxylic acid groups (broad SMARTS) is 1. The molecule has 0 saturated heterocycles. The van der Waals surface area contributed by atoms with Crippen molar-refractivity contribution in [1.29, 1.82) is 0 Å². The van der Waals surface area contributed by atoms with Gasteiger partial charge in [0.2, 0.25) is 18.1 Å². The highest BCUT2D eigenvalue weighted by Gasteiger charge is 2.41. The first-order valence-electron chi connectivity index (χ1n) is 12.5. The predicted molar refractivity (Wildman–Crippen MR) is 154 cm³/mol. The van der Waals surface area contributed by atoms with Gasteiger partial charge in [0.25, 0.3) is 11.8 Å². The van der Waals surface area contributed by atoms with E-state index in [2.05, 4.69) is 10.7 Å². The SMILES string of the molecule is CC(C)C(=O)Nc1ccc(C(=O)NNC(=O)[C@@H](OC(=O)c2ccc(Cl)cc2)[C@@H](OC(=O)c2ccc(Cl)cc2)C(=O)O)cc1. The standard InChI is InChI=1S/C29H25Cl2N3O9/c1-15(2)24(35)32-21-13-7-16(8-14-21)25(36)33-34-26(37)22(42-28(40)17-3-9-19(30)10-4-17)23(27(38)39)43-29(41)18-5-11-20(31)12-6-18/h3-15,22-23H,1-2H3,(H,32,35)(H,33,36)(H,34,37)(H,38,39)/t22-,23+/m0/s1. The lowest BCUT2D eigenvalue weighted by molar-refractivity contribution is -0.159. The molecule has 14 heteroatoms. The van der Waals surface area contributed by atoms with Crippen molar-refractivity contribution in [2.75, 3.05) is 5.32 Å². The molecule has 0 bridgehead atoms. The zero-order valence-corrected chi connectivity index (χ0v) is 24.1. The number of rotatable bonds is 10. The van der Waals surface area contributed by atoms with Gasteiger partial charge in [0.1, 0.15) is 0 Å². The molecule has 3 aromatic rings. The lowest BCUT2D eigenvalue weighted by Crippen LogP contribution is -2.54. The fraction of sp³-hybridized carbons (Fsp3) is 0.172. The number of ether oxygens (including phenoxy) is 2. The van der Waals surface area contributed by atoms with E-state index in [-0.39, 0.29) is 28.5 Å². The summed E-state index contributed by atoms with van der Waals surface area (Å²) in [5.41, 5.74) is 4.36. The summed E-state index contributed by atoms with van der Waals surface area (Å²) in [4.78, 5) is 75.2. The third-order valence-electron chi connectivity index (χ3n) is 5.64. The molecular weight excluding hydrogens is 605 g/mol. The van der Waals surface area contributed by atoms with Crippen molar-refractivity contribution in [2.45, 2.75) is 26.1 Å². The van der Waals surface area contributed by atoms with Crippen LogP contribution in [0.3, 0.4) is 0 Å². The van der Waals surface area contributed by atoms with E-state index in [1.165, 1.54) is 72.8 Å². The van der Waals surface area contributed by atoms with Crippen LogP contribution >= 0.6 is 23.2 Å². The van der Waals surface area contributed by atoms with Crippen LogP contribution in [0.2, 0.25) is 10.0 Å². The highest BCUT2D eigenvalue weighted by Crippen LogP contribution is 2.17. The zero-order valence-electron chi connectivity index (χ0n) is 22.6. The van der Waals surface area contributed by atoms with E-state index >= 15 is 0 Å². The molecule has 0 aliphatic carbocycles. The number of hydrazine groups is 1. The maximum absolute atomic E-state index is 13.1. The van der Waals surface area contributed by atoms with Crippen molar-refractivity contribution in [2.24, 2.45) is 5.92 Å². The molecule has 12 nitrogen and oxygen atoms in total. The third kappa shape index (κ3) is 9.28. The van der Waals surface area contributed by atoms with E-state index in [1.807, 2.05) is 5.43 Å². The number of nitrogens with one attached hydrogen (secondary N) is 3. The average molecular weight is 630 g/mol. The molecule has 3 aromatic carbocycles. The molecule has 0 fully saturated rings.